The minimum absolute atomic E-state index is 0.00986. The molecule has 0 radical (unpaired) electrons. The average Bonchev–Trinajstić information content (AvgIpc) is 2.48. The summed E-state index contributed by atoms with van der Waals surface area (Å²) in [5.41, 5.74) is 0.815. The number of carbonyl (C=O) groups is 2. The van der Waals surface area contributed by atoms with Crippen LogP contribution in [0, 0.1) is 5.92 Å². The third kappa shape index (κ3) is 4.84. The van der Waals surface area contributed by atoms with Crippen molar-refractivity contribution in [1.82, 2.24) is 0 Å². The Morgan fingerprint density at radius 1 is 1.24 bits per heavy atom. The van der Waals surface area contributed by atoms with Crippen molar-refractivity contribution in [2.75, 3.05) is 5.32 Å². The lowest BCUT2D eigenvalue weighted by molar-refractivity contribution is -0.116. The Kier molecular flexibility index (Phi) is 5.79. The van der Waals surface area contributed by atoms with Crippen molar-refractivity contribution < 1.29 is 14.7 Å². The number of carboxylic acids is 1. The van der Waals surface area contributed by atoms with Crippen molar-refractivity contribution in [3.63, 3.8) is 0 Å². The largest absolute Gasteiger partial charge is 0.478 e. The van der Waals surface area contributed by atoms with Crippen LogP contribution >= 0.6 is 15.9 Å². The topological polar surface area (TPSA) is 66.4 Å². The van der Waals surface area contributed by atoms with Gasteiger partial charge in [-0.2, -0.15) is 0 Å². The van der Waals surface area contributed by atoms with Gasteiger partial charge in [0.25, 0.3) is 0 Å². The smallest absolute Gasteiger partial charge is 0.335 e. The van der Waals surface area contributed by atoms with Crippen molar-refractivity contribution in [3.8, 4) is 0 Å². The Morgan fingerprint density at radius 3 is 2.57 bits per heavy atom. The minimum Gasteiger partial charge on any atom is -0.478 e. The quantitative estimate of drug-likeness (QED) is 0.821. The maximum absolute atomic E-state index is 12.0. The Balaban J connectivity index is 1.85. The number of aromatic carboxylic acids is 1. The number of anilines is 1. The van der Waals surface area contributed by atoms with Crippen LogP contribution in [0.1, 0.15) is 55.3 Å². The number of amides is 1. The van der Waals surface area contributed by atoms with Crippen LogP contribution in [0.4, 0.5) is 5.69 Å². The van der Waals surface area contributed by atoms with Crippen molar-refractivity contribution in [1.29, 1.82) is 0 Å². The molecule has 1 amide bonds. The first kappa shape index (κ1) is 16.0. The van der Waals surface area contributed by atoms with Gasteiger partial charge in [0.05, 0.1) is 11.3 Å². The predicted molar refractivity (Wildman–Crippen MR) is 85.5 cm³/mol. The van der Waals surface area contributed by atoms with Crippen molar-refractivity contribution >= 4 is 33.5 Å². The molecule has 5 heteroatoms. The van der Waals surface area contributed by atoms with E-state index in [4.69, 9.17) is 5.11 Å². The van der Waals surface area contributed by atoms with Crippen LogP contribution in [0.15, 0.2) is 22.7 Å². The van der Waals surface area contributed by atoms with Crippen LogP contribution in [0.5, 0.6) is 0 Å². The monoisotopic (exact) mass is 353 g/mol. The van der Waals surface area contributed by atoms with E-state index >= 15 is 0 Å². The molecule has 1 fully saturated rings. The standard InChI is InChI=1S/C16H20BrNO3/c17-13-10-12(16(20)21)7-8-14(13)18-15(19)9-6-11-4-2-1-3-5-11/h7-8,10-11H,1-6,9H2,(H,18,19)(H,20,21). The molecule has 1 aliphatic carbocycles. The van der Waals surface area contributed by atoms with Gasteiger partial charge < -0.3 is 10.4 Å². The molecule has 1 aromatic carbocycles. The van der Waals surface area contributed by atoms with Crippen LogP contribution < -0.4 is 5.32 Å². The van der Waals surface area contributed by atoms with Crippen LogP contribution in [0.2, 0.25) is 0 Å². The lowest BCUT2D eigenvalue weighted by Gasteiger charge is -2.21. The van der Waals surface area contributed by atoms with E-state index in [0.717, 1.165) is 6.42 Å². The molecule has 1 saturated carbocycles. The second-order valence-corrected chi connectivity index (χ2v) is 6.45. The fourth-order valence-electron chi connectivity index (χ4n) is 2.77. The molecule has 0 unspecified atom stereocenters. The van der Waals surface area contributed by atoms with Gasteiger partial charge in [-0.05, 0) is 46.5 Å². The first-order chi connectivity index (χ1) is 10.1. The summed E-state index contributed by atoms with van der Waals surface area (Å²) in [6.07, 6.45) is 7.84. The number of carboxylic acid groups (broad SMARTS) is 1. The number of hydrogen-bond donors (Lipinski definition) is 2. The normalized spacial score (nSPS) is 15.7. The molecule has 0 saturated heterocycles. The van der Waals surface area contributed by atoms with Gasteiger partial charge in [-0.3, -0.25) is 4.79 Å². The molecule has 114 valence electrons. The maximum atomic E-state index is 12.0. The van der Waals surface area contributed by atoms with Gasteiger partial charge in [0, 0.05) is 10.9 Å². The van der Waals surface area contributed by atoms with Gasteiger partial charge in [0.15, 0.2) is 0 Å². The van der Waals surface area contributed by atoms with Gasteiger partial charge in [-0.15, -0.1) is 0 Å². The van der Waals surface area contributed by atoms with Gasteiger partial charge in [-0.1, -0.05) is 32.1 Å². The molecule has 21 heavy (non-hydrogen) atoms. The minimum atomic E-state index is -0.981. The summed E-state index contributed by atoms with van der Waals surface area (Å²) < 4.78 is 0.591. The fourth-order valence-corrected chi connectivity index (χ4v) is 3.25. The highest BCUT2D eigenvalue weighted by molar-refractivity contribution is 9.10. The first-order valence-electron chi connectivity index (χ1n) is 7.39. The predicted octanol–water partition coefficient (Wildman–Crippen LogP) is 4.45. The molecule has 0 heterocycles. The summed E-state index contributed by atoms with van der Waals surface area (Å²) in [5, 5.41) is 11.7. The maximum Gasteiger partial charge on any atom is 0.335 e. The van der Waals surface area contributed by atoms with Crippen LogP contribution in [-0.2, 0) is 4.79 Å². The van der Waals surface area contributed by atoms with Gasteiger partial charge in [0.2, 0.25) is 5.91 Å². The number of carbonyl (C=O) groups excluding carboxylic acids is 1. The highest BCUT2D eigenvalue weighted by atomic mass is 79.9. The van der Waals surface area contributed by atoms with Gasteiger partial charge in [0.1, 0.15) is 0 Å². The van der Waals surface area contributed by atoms with Gasteiger partial charge >= 0.3 is 5.97 Å². The van der Waals surface area contributed by atoms with Crippen molar-refractivity contribution in [2.24, 2.45) is 5.92 Å². The summed E-state index contributed by atoms with van der Waals surface area (Å²) in [5.74, 6) is -0.308. The van der Waals surface area contributed by atoms with Crippen LogP contribution in [0.25, 0.3) is 0 Å². The lowest BCUT2D eigenvalue weighted by Crippen LogP contribution is -2.15. The number of halogens is 1. The van der Waals surface area contributed by atoms with E-state index < -0.39 is 5.97 Å². The van der Waals surface area contributed by atoms with E-state index in [9.17, 15) is 9.59 Å². The molecule has 0 aromatic heterocycles. The summed E-state index contributed by atoms with van der Waals surface area (Å²) in [4.78, 5) is 22.8. The number of rotatable bonds is 5. The molecule has 0 bridgehead atoms. The molecule has 0 atom stereocenters. The molecule has 2 N–H and O–H groups in total. The van der Waals surface area contributed by atoms with Crippen molar-refractivity contribution in [2.45, 2.75) is 44.9 Å². The van der Waals surface area contributed by atoms with Crippen LogP contribution in [-0.4, -0.2) is 17.0 Å². The summed E-state index contributed by atoms with van der Waals surface area (Å²) >= 11 is 3.29. The summed E-state index contributed by atoms with van der Waals surface area (Å²) in [6, 6.07) is 4.61. The molecule has 0 aliphatic heterocycles. The first-order valence-corrected chi connectivity index (χ1v) is 8.18. The Bertz CT molecular complexity index is 524. The van der Waals surface area contributed by atoms with E-state index in [1.165, 1.54) is 44.2 Å². The summed E-state index contributed by atoms with van der Waals surface area (Å²) in [7, 11) is 0. The number of nitrogens with one attached hydrogen (secondary N) is 1. The molecule has 1 aliphatic rings. The average molecular weight is 354 g/mol. The fraction of sp³-hybridized carbons (Fsp3) is 0.500. The Hall–Kier alpha value is -1.36. The molecule has 0 spiro atoms. The number of hydrogen-bond acceptors (Lipinski definition) is 2. The zero-order valence-corrected chi connectivity index (χ0v) is 13.5. The summed E-state index contributed by atoms with van der Waals surface area (Å²) in [6.45, 7) is 0. The van der Waals surface area contributed by atoms with Gasteiger partial charge in [-0.25, -0.2) is 4.79 Å². The third-order valence-corrected chi connectivity index (χ3v) is 4.65. The van der Waals surface area contributed by atoms with E-state index in [1.807, 2.05) is 0 Å². The second-order valence-electron chi connectivity index (χ2n) is 5.59. The highest BCUT2D eigenvalue weighted by Gasteiger charge is 2.15. The van der Waals surface area contributed by atoms with Crippen molar-refractivity contribution in [3.05, 3.63) is 28.2 Å². The van der Waals surface area contributed by atoms with E-state index in [-0.39, 0.29) is 11.5 Å². The van der Waals surface area contributed by atoms with Crippen LogP contribution in [0.3, 0.4) is 0 Å². The van der Waals surface area contributed by atoms with E-state index in [1.54, 1.807) is 6.07 Å². The van der Waals surface area contributed by atoms with E-state index in [0.29, 0.717) is 22.5 Å². The molecule has 4 nitrogen and oxygen atoms in total. The highest BCUT2D eigenvalue weighted by Crippen LogP contribution is 2.28. The zero-order valence-electron chi connectivity index (χ0n) is 11.9. The molecular formula is C16H20BrNO3. The second kappa shape index (κ2) is 7.59. The third-order valence-electron chi connectivity index (χ3n) is 3.99. The number of benzene rings is 1. The Labute approximate surface area is 133 Å². The molecule has 1 aromatic rings. The molecule has 2 rings (SSSR count). The molecular weight excluding hydrogens is 334 g/mol. The zero-order chi connectivity index (χ0) is 15.2. The van der Waals surface area contributed by atoms with E-state index in [2.05, 4.69) is 21.2 Å². The Morgan fingerprint density at radius 2 is 1.95 bits per heavy atom. The SMILES string of the molecule is O=C(CCC1CCCCC1)Nc1ccc(C(=O)O)cc1Br. The lowest BCUT2D eigenvalue weighted by atomic mass is 9.86.